The molecule has 2 aromatic heterocycles. The van der Waals surface area contributed by atoms with E-state index in [1.165, 1.54) is 6.07 Å². The van der Waals surface area contributed by atoms with Gasteiger partial charge in [-0.1, -0.05) is 17.3 Å². The monoisotopic (exact) mass is 339 g/mol. The van der Waals surface area contributed by atoms with E-state index >= 15 is 0 Å². The van der Waals surface area contributed by atoms with E-state index in [4.69, 9.17) is 9.26 Å². The van der Waals surface area contributed by atoms with E-state index in [0.29, 0.717) is 30.1 Å². The molecule has 128 valence electrons. The van der Waals surface area contributed by atoms with Crippen molar-refractivity contribution in [1.29, 1.82) is 0 Å². The highest BCUT2D eigenvalue weighted by molar-refractivity contribution is 5.92. The van der Waals surface area contributed by atoms with Gasteiger partial charge in [0.15, 0.2) is 0 Å². The zero-order valence-electron chi connectivity index (χ0n) is 13.7. The first-order valence-electron chi connectivity index (χ1n) is 7.84. The molecule has 0 bridgehead atoms. The van der Waals surface area contributed by atoms with E-state index in [0.717, 1.165) is 5.56 Å². The van der Waals surface area contributed by atoms with Gasteiger partial charge in [0.1, 0.15) is 11.3 Å². The number of hydrogen-bond acceptors (Lipinski definition) is 7. The van der Waals surface area contributed by atoms with Crippen molar-refractivity contribution in [3.05, 3.63) is 59.7 Å². The molecule has 2 heterocycles. The summed E-state index contributed by atoms with van der Waals surface area (Å²) in [4.78, 5) is 20.3. The van der Waals surface area contributed by atoms with Crippen molar-refractivity contribution < 1.29 is 19.2 Å². The van der Waals surface area contributed by atoms with Crippen LogP contribution in [0.5, 0.6) is 5.75 Å². The summed E-state index contributed by atoms with van der Waals surface area (Å²) in [5.74, 6) is 0.339. The molecular formula is C18H17N3O4. The third-order valence-electron chi connectivity index (χ3n) is 3.61. The molecule has 0 atom stereocenters. The van der Waals surface area contributed by atoms with Crippen LogP contribution in [0.25, 0.3) is 11.4 Å². The van der Waals surface area contributed by atoms with Crippen LogP contribution in [0.3, 0.4) is 0 Å². The number of aromatic hydroxyl groups is 1. The number of pyridine rings is 1. The average Bonchev–Trinajstić information content (AvgIpc) is 3.10. The van der Waals surface area contributed by atoms with Gasteiger partial charge in [0.05, 0.1) is 6.61 Å². The largest absolute Gasteiger partial charge is 0.507 e. The van der Waals surface area contributed by atoms with Crippen LogP contribution in [0, 0.1) is 6.92 Å². The Labute approximate surface area is 144 Å². The van der Waals surface area contributed by atoms with Crippen molar-refractivity contribution in [1.82, 2.24) is 15.1 Å². The first-order valence-corrected chi connectivity index (χ1v) is 7.84. The highest BCUT2D eigenvalue weighted by atomic mass is 16.5. The summed E-state index contributed by atoms with van der Waals surface area (Å²) in [5, 5.41) is 13.8. The Morgan fingerprint density at radius 3 is 2.96 bits per heavy atom. The Bertz CT molecular complexity index is 862. The average molecular weight is 339 g/mol. The van der Waals surface area contributed by atoms with Crippen LogP contribution in [-0.4, -0.2) is 32.8 Å². The second-order valence-electron chi connectivity index (χ2n) is 5.46. The standard InChI is InChI=1S/C18H17N3O4/c1-12-5-2-7-14(16(12)22)18(23)24-10-4-8-15-20-17(21-25-15)13-6-3-9-19-11-13/h2-3,5-7,9,11,22H,4,8,10H2,1H3. The number of ether oxygens (including phenoxy) is 1. The summed E-state index contributed by atoms with van der Waals surface area (Å²) in [5.41, 5.74) is 1.57. The Kier molecular flexibility index (Phi) is 5.03. The maximum absolute atomic E-state index is 12.0. The molecule has 1 N–H and O–H groups in total. The summed E-state index contributed by atoms with van der Waals surface area (Å²) in [6.45, 7) is 1.92. The van der Waals surface area contributed by atoms with E-state index in [1.54, 1.807) is 37.5 Å². The lowest BCUT2D eigenvalue weighted by Crippen LogP contribution is -2.08. The number of benzene rings is 1. The minimum Gasteiger partial charge on any atom is -0.507 e. The number of phenolic OH excluding ortho intramolecular Hbond substituents is 1. The number of phenols is 1. The molecule has 0 radical (unpaired) electrons. The summed E-state index contributed by atoms with van der Waals surface area (Å²) in [6, 6.07) is 8.59. The molecule has 0 saturated carbocycles. The quantitative estimate of drug-likeness (QED) is 0.544. The third-order valence-corrected chi connectivity index (χ3v) is 3.61. The number of rotatable bonds is 6. The molecule has 7 heteroatoms. The van der Waals surface area contributed by atoms with Gasteiger partial charge in [-0.25, -0.2) is 4.79 Å². The van der Waals surface area contributed by atoms with Gasteiger partial charge >= 0.3 is 5.97 Å². The van der Waals surface area contributed by atoms with Gasteiger partial charge in [0, 0.05) is 24.4 Å². The molecule has 7 nitrogen and oxygen atoms in total. The van der Waals surface area contributed by atoms with Gasteiger partial charge in [-0.3, -0.25) is 4.98 Å². The molecule has 1 aromatic carbocycles. The van der Waals surface area contributed by atoms with Crippen molar-refractivity contribution in [3.63, 3.8) is 0 Å². The fraction of sp³-hybridized carbons (Fsp3) is 0.222. The molecule has 0 fully saturated rings. The van der Waals surface area contributed by atoms with Crippen LogP contribution in [-0.2, 0) is 11.2 Å². The number of nitrogens with zero attached hydrogens (tertiary/aromatic N) is 3. The van der Waals surface area contributed by atoms with E-state index < -0.39 is 5.97 Å². The number of para-hydroxylation sites is 1. The van der Waals surface area contributed by atoms with Crippen LogP contribution in [0.1, 0.15) is 28.2 Å². The van der Waals surface area contributed by atoms with Gasteiger partial charge in [-0.2, -0.15) is 4.98 Å². The minimum absolute atomic E-state index is 0.0505. The summed E-state index contributed by atoms with van der Waals surface area (Å²) in [6.07, 6.45) is 4.35. The third kappa shape index (κ3) is 4.00. The molecule has 0 amide bonds. The topological polar surface area (TPSA) is 98.3 Å². The Balaban J connectivity index is 1.50. The predicted octanol–water partition coefficient (Wildman–Crippen LogP) is 2.94. The lowest BCUT2D eigenvalue weighted by molar-refractivity contribution is 0.0495. The van der Waals surface area contributed by atoms with E-state index in [2.05, 4.69) is 15.1 Å². The fourth-order valence-corrected chi connectivity index (χ4v) is 2.26. The van der Waals surface area contributed by atoms with Crippen LogP contribution < -0.4 is 0 Å². The van der Waals surface area contributed by atoms with Crippen molar-refractivity contribution in [3.8, 4) is 17.1 Å². The fourth-order valence-electron chi connectivity index (χ4n) is 2.26. The van der Waals surface area contributed by atoms with Gasteiger partial charge in [-0.05, 0) is 37.1 Å². The Morgan fingerprint density at radius 1 is 1.28 bits per heavy atom. The number of hydrogen-bond donors (Lipinski definition) is 1. The normalized spacial score (nSPS) is 10.6. The van der Waals surface area contributed by atoms with Gasteiger partial charge in [-0.15, -0.1) is 0 Å². The number of carbonyl (C=O) groups excluding carboxylic acids is 1. The smallest absolute Gasteiger partial charge is 0.341 e. The number of aryl methyl sites for hydroxylation is 2. The van der Waals surface area contributed by atoms with E-state index in [1.807, 2.05) is 6.07 Å². The molecular weight excluding hydrogens is 322 g/mol. The molecule has 0 saturated heterocycles. The van der Waals surface area contributed by atoms with Gasteiger partial charge in [0.25, 0.3) is 0 Å². The minimum atomic E-state index is -0.553. The van der Waals surface area contributed by atoms with Crippen molar-refractivity contribution in [2.75, 3.05) is 6.61 Å². The summed E-state index contributed by atoms with van der Waals surface area (Å²) < 4.78 is 10.4. The maximum atomic E-state index is 12.0. The maximum Gasteiger partial charge on any atom is 0.341 e. The SMILES string of the molecule is Cc1cccc(C(=O)OCCCc2nc(-c3cccnc3)no2)c1O. The van der Waals surface area contributed by atoms with E-state index in [-0.39, 0.29) is 17.9 Å². The Morgan fingerprint density at radius 2 is 2.16 bits per heavy atom. The molecule has 3 aromatic rings. The first-order chi connectivity index (χ1) is 12.1. The highest BCUT2D eigenvalue weighted by Crippen LogP contribution is 2.22. The summed E-state index contributed by atoms with van der Waals surface area (Å²) >= 11 is 0. The van der Waals surface area contributed by atoms with E-state index in [9.17, 15) is 9.90 Å². The van der Waals surface area contributed by atoms with Crippen molar-refractivity contribution >= 4 is 5.97 Å². The van der Waals surface area contributed by atoms with Crippen LogP contribution in [0.2, 0.25) is 0 Å². The Hall–Kier alpha value is -3.22. The van der Waals surface area contributed by atoms with Crippen molar-refractivity contribution in [2.24, 2.45) is 0 Å². The number of esters is 1. The lowest BCUT2D eigenvalue weighted by Gasteiger charge is -2.07. The molecule has 0 aliphatic rings. The van der Waals surface area contributed by atoms with Crippen LogP contribution in [0.15, 0.2) is 47.2 Å². The predicted molar refractivity (Wildman–Crippen MR) is 89.0 cm³/mol. The van der Waals surface area contributed by atoms with Gasteiger partial charge < -0.3 is 14.4 Å². The second kappa shape index (κ2) is 7.57. The molecule has 0 spiro atoms. The zero-order chi connectivity index (χ0) is 17.6. The first kappa shape index (κ1) is 16.6. The molecule has 3 rings (SSSR count). The summed E-state index contributed by atoms with van der Waals surface area (Å²) in [7, 11) is 0. The van der Waals surface area contributed by atoms with Crippen LogP contribution in [0.4, 0.5) is 0 Å². The number of carbonyl (C=O) groups is 1. The van der Waals surface area contributed by atoms with Crippen molar-refractivity contribution in [2.45, 2.75) is 19.8 Å². The van der Waals surface area contributed by atoms with Crippen LogP contribution >= 0.6 is 0 Å². The molecule has 0 unspecified atom stereocenters. The highest BCUT2D eigenvalue weighted by Gasteiger charge is 2.14. The lowest BCUT2D eigenvalue weighted by atomic mass is 10.1. The van der Waals surface area contributed by atoms with Gasteiger partial charge in [0.2, 0.25) is 11.7 Å². The molecule has 0 aliphatic carbocycles. The molecule has 0 aliphatic heterocycles. The zero-order valence-corrected chi connectivity index (χ0v) is 13.7. The number of aromatic nitrogens is 3. The second-order valence-corrected chi connectivity index (χ2v) is 5.46. The molecule has 25 heavy (non-hydrogen) atoms.